The fourth-order valence-corrected chi connectivity index (χ4v) is 3.49. The minimum atomic E-state index is -0.295. The van der Waals surface area contributed by atoms with Crippen molar-refractivity contribution < 1.29 is 9.59 Å². The van der Waals surface area contributed by atoms with Gasteiger partial charge in [0.2, 0.25) is 11.8 Å². The van der Waals surface area contributed by atoms with Gasteiger partial charge in [-0.1, -0.05) is 0 Å². The molecule has 1 aromatic rings. The van der Waals surface area contributed by atoms with Crippen LogP contribution in [0.15, 0.2) is 12.1 Å². The average Bonchev–Trinajstić information content (AvgIpc) is 2.77. The lowest BCUT2D eigenvalue weighted by Crippen LogP contribution is -2.38. The van der Waals surface area contributed by atoms with Gasteiger partial charge in [-0.3, -0.25) is 9.59 Å². The molecule has 2 amide bonds. The van der Waals surface area contributed by atoms with Gasteiger partial charge in [-0.15, -0.1) is 11.3 Å². The van der Waals surface area contributed by atoms with Gasteiger partial charge in [0.25, 0.3) is 0 Å². The third kappa shape index (κ3) is 3.80. The number of nitrogens with two attached hydrogens (primary N) is 1. The molecule has 1 aliphatic heterocycles. The van der Waals surface area contributed by atoms with Gasteiger partial charge in [0.15, 0.2) is 0 Å². The maximum absolute atomic E-state index is 12.1. The molecular formula is C14H20N2O2S. The molecule has 1 aromatic heterocycles. The molecule has 4 nitrogen and oxygen atoms in total. The standard InChI is InChI=1S/C14H20N2O2S/c1-10-4-5-12(19-10)11-6-8-16(14(18)9-11)7-2-3-13(15)17/h4-5,11H,2-3,6-9H2,1H3,(H2,15,17). The van der Waals surface area contributed by atoms with Gasteiger partial charge in [-0.2, -0.15) is 0 Å². The molecule has 0 bridgehead atoms. The normalized spacial score (nSPS) is 19.7. The molecule has 2 heterocycles. The molecule has 1 aliphatic rings. The van der Waals surface area contributed by atoms with Crippen molar-refractivity contribution in [1.82, 2.24) is 4.90 Å². The number of likely N-dealkylation sites (tertiary alicyclic amines) is 1. The Bertz CT molecular complexity index is 470. The summed E-state index contributed by atoms with van der Waals surface area (Å²) < 4.78 is 0. The summed E-state index contributed by atoms with van der Waals surface area (Å²) in [4.78, 5) is 27.2. The molecule has 1 fully saturated rings. The minimum Gasteiger partial charge on any atom is -0.370 e. The number of aryl methyl sites for hydroxylation is 1. The van der Waals surface area contributed by atoms with E-state index in [9.17, 15) is 9.59 Å². The zero-order chi connectivity index (χ0) is 13.8. The van der Waals surface area contributed by atoms with Crippen LogP contribution >= 0.6 is 11.3 Å². The Morgan fingerprint density at radius 3 is 2.89 bits per heavy atom. The highest BCUT2D eigenvalue weighted by Crippen LogP contribution is 2.33. The number of nitrogens with zero attached hydrogens (tertiary/aromatic N) is 1. The highest BCUT2D eigenvalue weighted by Gasteiger charge is 2.27. The Labute approximate surface area is 117 Å². The monoisotopic (exact) mass is 280 g/mol. The predicted molar refractivity (Wildman–Crippen MR) is 76.0 cm³/mol. The van der Waals surface area contributed by atoms with Crippen molar-refractivity contribution in [3.63, 3.8) is 0 Å². The van der Waals surface area contributed by atoms with Gasteiger partial charge in [0.1, 0.15) is 0 Å². The third-order valence-corrected chi connectivity index (χ3v) is 4.70. The van der Waals surface area contributed by atoms with Crippen molar-refractivity contribution in [2.24, 2.45) is 5.73 Å². The van der Waals surface area contributed by atoms with Crippen LogP contribution in [0.1, 0.15) is 41.4 Å². The van der Waals surface area contributed by atoms with Crippen LogP contribution in [0.4, 0.5) is 0 Å². The second kappa shape index (κ2) is 6.19. The summed E-state index contributed by atoms with van der Waals surface area (Å²) >= 11 is 1.79. The smallest absolute Gasteiger partial charge is 0.223 e. The number of amides is 2. The van der Waals surface area contributed by atoms with E-state index in [1.807, 2.05) is 4.90 Å². The zero-order valence-corrected chi connectivity index (χ0v) is 12.0. The summed E-state index contributed by atoms with van der Waals surface area (Å²) in [6.07, 6.45) is 2.64. The Balaban J connectivity index is 1.84. The van der Waals surface area contributed by atoms with E-state index in [0.717, 1.165) is 13.0 Å². The maximum Gasteiger partial charge on any atom is 0.223 e. The first-order chi connectivity index (χ1) is 9.06. The van der Waals surface area contributed by atoms with Gasteiger partial charge in [0.05, 0.1) is 0 Å². The molecule has 104 valence electrons. The molecule has 2 N–H and O–H groups in total. The average molecular weight is 280 g/mol. The first-order valence-corrected chi connectivity index (χ1v) is 7.50. The Hall–Kier alpha value is -1.36. The molecule has 0 spiro atoms. The molecule has 2 rings (SSSR count). The van der Waals surface area contributed by atoms with Crippen molar-refractivity contribution >= 4 is 23.2 Å². The van der Waals surface area contributed by atoms with E-state index in [-0.39, 0.29) is 11.8 Å². The highest BCUT2D eigenvalue weighted by molar-refractivity contribution is 7.12. The SMILES string of the molecule is Cc1ccc(C2CCN(CCCC(N)=O)C(=O)C2)s1. The number of carbonyl (C=O) groups excluding carboxylic acids is 2. The summed E-state index contributed by atoms with van der Waals surface area (Å²) in [6, 6.07) is 4.25. The quantitative estimate of drug-likeness (QED) is 0.897. The van der Waals surface area contributed by atoms with E-state index in [4.69, 9.17) is 5.73 Å². The lowest BCUT2D eigenvalue weighted by atomic mass is 9.94. The molecule has 19 heavy (non-hydrogen) atoms. The second-order valence-electron chi connectivity index (χ2n) is 5.09. The molecule has 0 aromatic carbocycles. The number of hydrogen-bond donors (Lipinski definition) is 1. The van der Waals surface area contributed by atoms with Gasteiger partial charge in [0, 0.05) is 41.6 Å². The van der Waals surface area contributed by atoms with E-state index >= 15 is 0 Å². The Kier molecular flexibility index (Phi) is 4.58. The molecule has 1 saturated heterocycles. The number of thiophene rings is 1. The van der Waals surface area contributed by atoms with Crippen LogP contribution in [-0.2, 0) is 9.59 Å². The molecule has 0 saturated carbocycles. The zero-order valence-electron chi connectivity index (χ0n) is 11.2. The van der Waals surface area contributed by atoms with Crippen LogP contribution in [0.2, 0.25) is 0 Å². The summed E-state index contributed by atoms with van der Waals surface area (Å²) in [5.41, 5.74) is 5.10. The van der Waals surface area contributed by atoms with Crippen molar-refractivity contribution in [1.29, 1.82) is 0 Å². The number of primary amides is 1. The minimum absolute atomic E-state index is 0.201. The van der Waals surface area contributed by atoms with E-state index in [1.165, 1.54) is 9.75 Å². The van der Waals surface area contributed by atoms with Crippen LogP contribution in [0.5, 0.6) is 0 Å². The maximum atomic E-state index is 12.1. The Morgan fingerprint density at radius 1 is 1.53 bits per heavy atom. The third-order valence-electron chi connectivity index (χ3n) is 3.54. The predicted octanol–water partition coefficient (Wildman–Crippen LogP) is 2.03. The largest absolute Gasteiger partial charge is 0.370 e. The number of piperidine rings is 1. The van der Waals surface area contributed by atoms with Gasteiger partial charge in [-0.25, -0.2) is 0 Å². The first kappa shape index (κ1) is 14.1. The lowest BCUT2D eigenvalue weighted by Gasteiger charge is -2.31. The van der Waals surface area contributed by atoms with Gasteiger partial charge >= 0.3 is 0 Å². The van der Waals surface area contributed by atoms with Crippen molar-refractivity contribution in [2.75, 3.05) is 13.1 Å². The molecule has 5 heteroatoms. The molecule has 0 radical (unpaired) electrons. The van der Waals surface area contributed by atoms with Crippen LogP contribution < -0.4 is 5.73 Å². The number of hydrogen-bond acceptors (Lipinski definition) is 3. The molecule has 1 atom stereocenters. The number of carbonyl (C=O) groups is 2. The van der Waals surface area contributed by atoms with Crippen molar-refractivity contribution in [2.45, 2.75) is 38.5 Å². The van der Waals surface area contributed by atoms with Crippen molar-refractivity contribution in [3.8, 4) is 0 Å². The second-order valence-corrected chi connectivity index (χ2v) is 6.41. The van der Waals surface area contributed by atoms with Gasteiger partial charge in [-0.05, 0) is 31.9 Å². The first-order valence-electron chi connectivity index (χ1n) is 6.68. The number of rotatable bonds is 5. The fourth-order valence-electron chi connectivity index (χ4n) is 2.47. The molecular weight excluding hydrogens is 260 g/mol. The van der Waals surface area contributed by atoms with Gasteiger partial charge < -0.3 is 10.6 Å². The topological polar surface area (TPSA) is 63.4 Å². The van der Waals surface area contributed by atoms with Crippen LogP contribution in [0.25, 0.3) is 0 Å². The van der Waals surface area contributed by atoms with Crippen LogP contribution in [-0.4, -0.2) is 29.8 Å². The summed E-state index contributed by atoms with van der Waals surface area (Å²) in [7, 11) is 0. The van der Waals surface area contributed by atoms with E-state index in [2.05, 4.69) is 19.1 Å². The Morgan fingerprint density at radius 2 is 2.32 bits per heavy atom. The fraction of sp³-hybridized carbons (Fsp3) is 0.571. The van der Waals surface area contributed by atoms with E-state index in [0.29, 0.717) is 31.7 Å². The lowest BCUT2D eigenvalue weighted by molar-refractivity contribution is -0.134. The van der Waals surface area contributed by atoms with Crippen LogP contribution in [0.3, 0.4) is 0 Å². The summed E-state index contributed by atoms with van der Waals surface area (Å²) in [5, 5.41) is 0. The van der Waals surface area contributed by atoms with Crippen molar-refractivity contribution in [3.05, 3.63) is 21.9 Å². The molecule has 0 aliphatic carbocycles. The van der Waals surface area contributed by atoms with Crippen LogP contribution in [0, 0.1) is 6.92 Å². The van der Waals surface area contributed by atoms with E-state index in [1.54, 1.807) is 11.3 Å². The molecule has 1 unspecified atom stereocenters. The van der Waals surface area contributed by atoms with E-state index < -0.39 is 0 Å². The summed E-state index contributed by atoms with van der Waals surface area (Å²) in [6.45, 7) is 3.53. The highest BCUT2D eigenvalue weighted by atomic mass is 32.1. The summed E-state index contributed by atoms with van der Waals surface area (Å²) in [5.74, 6) is 0.279.